The summed E-state index contributed by atoms with van der Waals surface area (Å²) in [6, 6.07) is 9.16. The number of nitro benzene ring substituents is 1. The second-order valence-electron chi connectivity index (χ2n) is 4.32. The van der Waals surface area contributed by atoms with E-state index in [1.165, 1.54) is 29.2 Å². The number of carbonyl (C=O) groups excluding carboxylic acids is 1. The summed E-state index contributed by atoms with van der Waals surface area (Å²) in [4.78, 5) is 27.9. The Kier molecular flexibility index (Phi) is 4.13. The maximum Gasteiger partial charge on any atom is 0.276 e. The van der Waals surface area contributed by atoms with Gasteiger partial charge in [-0.3, -0.25) is 19.9 Å². The molecule has 1 amide bonds. The van der Waals surface area contributed by atoms with Crippen molar-refractivity contribution in [2.75, 3.05) is 24.3 Å². The van der Waals surface area contributed by atoms with Crippen LogP contribution in [0, 0.1) is 10.1 Å². The molecule has 1 aromatic heterocycles. The summed E-state index contributed by atoms with van der Waals surface area (Å²) in [6.45, 7) is 0. The highest BCUT2D eigenvalue weighted by atomic mass is 16.6. The van der Waals surface area contributed by atoms with Crippen molar-refractivity contribution in [3.8, 4) is 0 Å². The van der Waals surface area contributed by atoms with Gasteiger partial charge in [-0.1, -0.05) is 0 Å². The summed E-state index contributed by atoms with van der Waals surface area (Å²) in [5.74, 6) is -0.291. The molecule has 2 rings (SSSR count). The largest absolute Gasteiger partial charge is 0.388 e. The Balaban J connectivity index is 2.23. The summed E-state index contributed by atoms with van der Waals surface area (Å²) in [5, 5.41) is 13.6. The van der Waals surface area contributed by atoms with E-state index in [0.717, 1.165) is 5.69 Å². The third kappa shape index (κ3) is 3.14. The van der Waals surface area contributed by atoms with Crippen molar-refractivity contribution in [3.63, 3.8) is 0 Å². The van der Waals surface area contributed by atoms with Gasteiger partial charge in [0.1, 0.15) is 5.69 Å². The third-order valence-corrected chi connectivity index (χ3v) is 3.02. The van der Waals surface area contributed by atoms with Gasteiger partial charge in [-0.05, 0) is 24.3 Å². The van der Waals surface area contributed by atoms with Crippen molar-refractivity contribution < 1.29 is 9.72 Å². The Hall–Kier alpha value is -2.96. The van der Waals surface area contributed by atoms with Crippen LogP contribution in [0.5, 0.6) is 0 Å². The van der Waals surface area contributed by atoms with Crippen molar-refractivity contribution in [1.82, 2.24) is 4.98 Å². The molecule has 0 fully saturated rings. The normalized spacial score (nSPS) is 10.0. The minimum Gasteiger partial charge on any atom is -0.388 e. The van der Waals surface area contributed by atoms with Gasteiger partial charge >= 0.3 is 0 Å². The van der Waals surface area contributed by atoms with E-state index in [1.807, 2.05) is 0 Å². The van der Waals surface area contributed by atoms with Crippen molar-refractivity contribution in [1.29, 1.82) is 0 Å². The summed E-state index contributed by atoms with van der Waals surface area (Å²) in [7, 11) is 3.35. The number of nitrogens with one attached hydrogen (secondary N) is 1. The van der Waals surface area contributed by atoms with E-state index in [0.29, 0.717) is 11.4 Å². The minimum absolute atomic E-state index is 0.0186. The number of anilines is 2. The first-order valence-corrected chi connectivity index (χ1v) is 6.19. The lowest BCUT2D eigenvalue weighted by Gasteiger charge is -2.17. The van der Waals surface area contributed by atoms with Crippen molar-refractivity contribution in [2.24, 2.45) is 0 Å². The predicted octanol–water partition coefficient (Wildman–Crippen LogP) is 2.31. The molecule has 108 valence electrons. The molecular weight excluding hydrogens is 272 g/mol. The molecule has 0 unspecified atom stereocenters. The molecule has 0 atom stereocenters. The van der Waals surface area contributed by atoms with Crippen LogP contribution in [0.2, 0.25) is 0 Å². The number of rotatable bonds is 4. The molecule has 0 saturated heterocycles. The molecule has 21 heavy (non-hydrogen) atoms. The van der Waals surface area contributed by atoms with Crippen LogP contribution in [0.1, 0.15) is 10.5 Å². The zero-order valence-electron chi connectivity index (χ0n) is 11.6. The Morgan fingerprint density at radius 2 is 1.95 bits per heavy atom. The number of pyridine rings is 1. The van der Waals surface area contributed by atoms with Crippen LogP contribution in [0.4, 0.5) is 17.1 Å². The fourth-order valence-corrected chi connectivity index (χ4v) is 1.79. The van der Waals surface area contributed by atoms with Crippen molar-refractivity contribution >= 4 is 23.0 Å². The lowest BCUT2D eigenvalue weighted by Crippen LogP contribution is -2.27. The lowest BCUT2D eigenvalue weighted by molar-refractivity contribution is -0.384. The van der Waals surface area contributed by atoms with Crippen LogP contribution in [0.15, 0.2) is 42.6 Å². The molecule has 7 heteroatoms. The Morgan fingerprint density at radius 1 is 1.29 bits per heavy atom. The molecule has 2 aromatic rings. The van der Waals surface area contributed by atoms with E-state index in [-0.39, 0.29) is 11.6 Å². The number of benzene rings is 1. The molecule has 0 spiro atoms. The van der Waals surface area contributed by atoms with E-state index in [4.69, 9.17) is 0 Å². The van der Waals surface area contributed by atoms with Gasteiger partial charge in [-0.25, -0.2) is 0 Å². The highest BCUT2D eigenvalue weighted by Crippen LogP contribution is 2.20. The fourth-order valence-electron chi connectivity index (χ4n) is 1.79. The fraction of sp³-hybridized carbons (Fsp3) is 0.143. The highest BCUT2D eigenvalue weighted by Gasteiger charge is 2.16. The monoisotopic (exact) mass is 286 g/mol. The zero-order valence-corrected chi connectivity index (χ0v) is 11.6. The zero-order chi connectivity index (χ0) is 15.4. The quantitative estimate of drug-likeness (QED) is 0.688. The minimum atomic E-state index is -0.483. The molecule has 1 heterocycles. The number of nitrogens with zero attached hydrogens (tertiary/aromatic N) is 3. The van der Waals surface area contributed by atoms with Gasteiger partial charge in [0.15, 0.2) is 0 Å². The highest BCUT2D eigenvalue weighted by molar-refractivity contribution is 6.04. The first-order valence-electron chi connectivity index (χ1n) is 6.19. The average Bonchev–Trinajstić information content (AvgIpc) is 2.53. The molecule has 1 aromatic carbocycles. The van der Waals surface area contributed by atoms with E-state index in [1.54, 1.807) is 32.4 Å². The maximum atomic E-state index is 12.3. The van der Waals surface area contributed by atoms with Crippen molar-refractivity contribution in [2.45, 2.75) is 0 Å². The van der Waals surface area contributed by atoms with E-state index >= 15 is 0 Å². The van der Waals surface area contributed by atoms with Crippen LogP contribution < -0.4 is 10.2 Å². The molecule has 0 radical (unpaired) electrons. The summed E-state index contributed by atoms with van der Waals surface area (Å²) in [5.41, 5.74) is 1.62. The summed E-state index contributed by atoms with van der Waals surface area (Å²) < 4.78 is 0. The SMILES string of the molecule is CNc1ccnc(C(=O)N(C)c2ccc([N+](=O)[O-])cc2)c1. The Labute approximate surface area is 121 Å². The molecule has 7 nitrogen and oxygen atoms in total. The summed E-state index contributed by atoms with van der Waals surface area (Å²) in [6.07, 6.45) is 1.54. The standard InChI is InChI=1S/C14H14N4O3/c1-15-10-7-8-16-13(9-10)14(19)17(2)11-3-5-12(6-4-11)18(20)21/h3-9H,1-2H3,(H,15,16). The Bertz CT molecular complexity index is 670. The van der Waals surface area contributed by atoms with Gasteiger partial charge in [-0.15, -0.1) is 0 Å². The second-order valence-corrected chi connectivity index (χ2v) is 4.32. The van der Waals surface area contributed by atoms with E-state index < -0.39 is 4.92 Å². The maximum absolute atomic E-state index is 12.3. The van der Waals surface area contributed by atoms with Crippen LogP contribution >= 0.6 is 0 Å². The van der Waals surface area contributed by atoms with Crippen molar-refractivity contribution in [3.05, 3.63) is 58.4 Å². The number of non-ortho nitro benzene ring substituents is 1. The second kappa shape index (κ2) is 6.00. The van der Waals surface area contributed by atoms with Crippen LogP contribution in [0.3, 0.4) is 0 Å². The summed E-state index contributed by atoms with van der Waals surface area (Å²) >= 11 is 0. The van der Waals surface area contributed by atoms with Crippen LogP contribution in [-0.2, 0) is 0 Å². The topological polar surface area (TPSA) is 88.4 Å². The smallest absolute Gasteiger partial charge is 0.276 e. The number of aromatic nitrogens is 1. The number of hydrogen-bond donors (Lipinski definition) is 1. The van der Waals surface area contributed by atoms with Gasteiger partial charge in [0.2, 0.25) is 0 Å². The number of nitro groups is 1. The number of carbonyl (C=O) groups is 1. The van der Waals surface area contributed by atoms with Gasteiger partial charge in [0.25, 0.3) is 11.6 Å². The molecule has 0 aliphatic carbocycles. The van der Waals surface area contributed by atoms with Gasteiger partial charge in [0, 0.05) is 43.8 Å². The molecule has 0 aliphatic rings. The van der Waals surface area contributed by atoms with Crippen LogP contribution in [-0.4, -0.2) is 29.9 Å². The predicted molar refractivity (Wildman–Crippen MR) is 79.6 cm³/mol. The number of amides is 1. The third-order valence-electron chi connectivity index (χ3n) is 3.02. The first-order chi connectivity index (χ1) is 10.0. The lowest BCUT2D eigenvalue weighted by atomic mass is 10.2. The number of hydrogen-bond acceptors (Lipinski definition) is 5. The molecule has 0 saturated carbocycles. The molecule has 0 bridgehead atoms. The Morgan fingerprint density at radius 3 is 2.52 bits per heavy atom. The van der Waals surface area contributed by atoms with Gasteiger partial charge in [0.05, 0.1) is 4.92 Å². The molecular formula is C14H14N4O3. The van der Waals surface area contributed by atoms with E-state index in [2.05, 4.69) is 10.3 Å². The molecule has 1 N–H and O–H groups in total. The van der Waals surface area contributed by atoms with Gasteiger partial charge < -0.3 is 10.2 Å². The average molecular weight is 286 g/mol. The van der Waals surface area contributed by atoms with E-state index in [9.17, 15) is 14.9 Å². The van der Waals surface area contributed by atoms with Gasteiger partial charge in [-0.2, -0.15) is 0 Å². The first kappa shape index (κ1) is 14.4. The van der Waals surface area contributed by atoms with Crippen LogP contribution in [0.25, 0.3) is 0 Å². The molecule has 0 aliphatic heterocycles.